The molecule has 0 heterocycles. The van der Waals surface area contributed by atoms with Gasteiger partial charge in [-0.05, 0) is 62.8 Å². The van der Waals surface area contributed by atoms with E-state index >= 15 is 0 Å². The predicted molar refractivity (Wildman–Crippen MR) is 93.2 cm³/mol. The fourth-order valence-electron chi connectivity index (χ4n) is 2.61. The number of benzene rings is 1. The third-order valence-electron chi connectivity index (χ3n) is 4.02. The van der Waals surface area contributed by atoms with Gasteiger partial charge in [0.05, 0.1) is 11.5 Å². The maximum absolute atomic E-state index is 12.3. The van der Waals surface area contributed by atoms with Gasteiger partial charge in [0.25, 0.3) is 0 Å². The van der Waals surface area contributed by atoms with E-state index in [4.69, 9.17) is 4.74 Å². The van der Waals surface area contributed by atoms with Crippen LogP contribution in [0.3, 0.4) is 0 Å². The summed E-state index contributed by atoms with van der Waals surface area (Å²) in [5.41, 5.74) is 1.37. The Morgan fingerprint density at radius 1 is 1.17 bits per heavy atom. The normalized spacial score (nSPS) is 15.3. The number of sulfonamides is 1. The zero-order valence-electron chi connectivity index (χ0n) is 13.9. The van der Waals surface area contributed by atoms with Crippen LogP contribution in [-0.2, 0) is 10.0 Å². The second-order valence-electron chi connectivity index (χ2n) is 5.93. The van der Waals surface area contributed by atoms with Crippen LogP contribution in [0.25, 0.3) is 0 Å². The first kappa shape index (κ1) is 18.0. The van der Waals surface area contributed by atoms with E-state index in [1.54, 1.807) is 24.3 Å². The van der Waals surface area contributed by atoms with Crippen molar-refractivity contribution in [2.75, 3.05) is 13.2 Å². The third kappa shape index (κ3) is 5.99. The molecule has 4 nitrogen and oxygen atoms in total. The van der Waals surface area contributed by atoms with Crippen LogP contribution < -0.4 is 9.46 Å². The van der Waals surface area contributed by atoms with E-state index < -0.39 is 10.0 Å². The van der Waals surface area contributed by atoms with Crippen molar-refractivity contribution in [2.45, 2.75) is 56.8 Å². The van der Waals surface area contributed by atoms with Crippen LogP contribution in [0.15, 0.2) is 40.8 Å². The molecule has 0 bridgehead atoms. The second-order valence-corrected chi connectivity index (χ2v) is 7.70. The highest BCUT2D eigenvalue weighted by atomic mass is 32.2. The van der Waals surface area contributed by atoms with E-state index in [1.165, 1.54) is 18.4 Å². The van der Waals surface area contributed by atoms with Gasteiger partial charge in [-0.3, -0.25) is 0 Å². The summed E-state index contributed by atoms with van der Waals surface area (Å²) >= 11 is 0. The summed E-state index contributed by atoms with van der Waals surface area (Å²) in [7, 11) is -3.44. The average molecular weight is 337 g/mol. The van der Waals surface area contributed by atoms with E-state index in [-0.39, 0.29) is 4.90 Å². The summed E-state index contributed by atoms with van der Waals surface area (Å²) in [6.07, 6.45) is 9.83. The van der Waals surface area contributed by atoms with E-state index in [2.05, 4.69) is 17.7 Å². The van der Waals surface area contributed by atoms with Gasteiger partial charge in [0, 0.05) is 6.54 Å². The number of hydrogen-bond donors (Lipinski definition) is 1. The molecule has 0 radical (unpaired) electrons. The first-order chi connectivity index (χ1) is 11.1. The minimum Gasteiger partial charge on any atom is -0.494 e. The Hall–Kier alpha value is -1.33. The van der Waals surface area contributed by atoms with Crippen molar-refractivity contribution in [3.8, 4) is 5.75 Å². The van der Waals surface area contributed by atoms with E-state index in [1.807, 2.05) is 0 Å². The fourth-order valence-corrected chi connectivity index (χ4v) is 3.64. The lowest BCUT2D eigenvalue weighted by Crippen LogP contribution is -2.25. The van der Waals surface area contributed by atoms with Crippen LogP contribution in [0.5, 0.6) is 5.75 Å². The highest BCUT2D eigenvalue weighted by Crippen LogP contribution is 2.20. The molecule has 1 aliphatic carbocycles. The molecule has 5 heteroatoms. The van der Waals surface area contributed by atoms with Crippen LogP contribution in [0.4, 0.5) is 0 Å². The number of allylic oxidation sites excluding steroid dienone is 1. The number of ether oxygens (including phenoxy) is 1. The van der Waals surface area contributed by atoms with Crippen molar-refractivity contribution < 1.29 is 13.2 Å². The molecule has 1 aromatic carbocycles. The lowest BCUT2D eigenvalue weighted by molar-refractivity contribution is 0.309. The molecule has 0 atom stereocenters. The molecule has 0 saturated carbocycles. The standard InChI is InChI=1S/C18H27NO3S/c1-2-3-15-22-17-9-11-18(12-10-17)23(20,21)19-14-13-16-7-5-4-6-8-16/h7,9-12,19H,2-6,8,13-15H2,1H3. The summed E-state index contributed by atoms with van der Waals surface area (Å²) in [5.74, 6) is 0.713. The number of nitrogens with one attached hydrogen (secondary N) is 1. The first-order valence-corrected chi connectivity index (χ1v) is 10.0. The molecule has 23 heavy (non-hydrogen) atoms. The quantitative estimate of drug-likeness (QED) is 0.547. The predicted octanol–water partition coefficient (Wildman–Crippen LogP) is 4.03. The van der Waals surface area contributed by atoms with Gasteiger partial charge in [-0.25, -0.2) is 13.1 Å². The van der Waals surface area contributed by atoms with Crippen molar-refractivity contribution >= 4 is 10.0 Å². The molecule has 0 unspecified atom stereocenters. The molecule has 0 aliphatic heterocycles. The van der Waals surface area contributed by atoms with Gasteiger partial charge in [0.1, 0.15) is 5.75 Å². The highest BCUT2D eigenvalue weighted by Gasteiger charge is 2.14. The zero-order chi connectivity index (χ0) is 16.5. The van der Waals surface area contributed by atoms with Crippen molar-refractivity contribution in [2.24, 2.45) is 0 Å². The molecule has 0 fully saturated rings. The summed E-state index contributed by atoms with van der Waals surface area (Å²) < 4.78 is 32.8. The van der Waals surface area contributed by atoms with Crippen molar-refractivity contribution in [3.63, 3.8) is 0 Å². The monoisotopic (exact) mass is 337 g/mol. The van der Waals surface area contributed by atoms with E-state index in [0.29, 0.717) is 18.9 Å². The zero-order valence-corrected chi connectivity index (χ0v) is 14.7. The molecule has 0 spiro atoms. The van der Waals surface area contributed by atoms with E-state index in [9.17, 15) is 8.42 Å². The van der Waals surface area contributed by atoms with Gasteiger partial charge in [0.15, 0.2) is 0 Å². The first-order valence-electron chi connectivity index (χ1n) is 8.52. The molecule has 2 rings (SSSR count). The molecule has 1 aliphatic rings. The number of rotatable bonds is 9. The summed E-state index contributed by atoms with van der Waals surface area (Å²) in [4.78, 5) is 0.290. The lowest BCUT2D eigenvalue weighted by Gasteiger charge is -2.13. The highest BCUT2D eigenvalue weighted by molar-refractivity contribution is 7.89. The van der Waals surface area contributed by atoms with Gasteiger partial charge in [0.2, 0.25) is 10.0 Å². The Labute approximate surface area is 140 Å². The van der Waals surface area contributed by atoms with Crippen LogP contribution >= 0.6 is 0 Å². The van der Waals surface area contributed by atoms with Crippen LogP contribution in [0, 0.1) is 0 Å². The fraction of sp³-hybridized carbons (Fsp3) is 0.556. The van der Waals surface area contributed by atoms with Crippen LogP contribution in [-0.4, -0.2) is 21.6 Å². The van der Waals surface area contributed by atoms with Gasteiger partial charge >= 0.3 is 0 Å². The number of hydrogen-bond acceptors (Lipinski definition) is 3. The minimum atomic E-state index is -3.44. The maximum atomic E-state index is 12.3. The van der Waals surface area contributed by atoms with Crippen LogP contribution in [0.1, 0.15) is 51.9 Å². The molecule has 0 aromatic heterocycles. The van der Waals surface area contributed by atoms with Crippen molar-refractivity contribution in [1.82, 2.24) is 4.72 Å². The summed E-state index contributed by atoms with van der Waals surface area (Å²) in [5, 5.41) is 0. The van der Waals surface area contributed by atoms with Crippen molar-refractivity contribution in [3.05, 3.63) is 35.9 Å². The SMILES string of the molecule is CCCCOc1ccc(S(=O)(=O)NCCC2=CCCCC2)cc1. The minimum absolute atomic E-state index is 0.290. The second kappa shape index (κ2) is 9.08. The molecule has 0 amide bonds. The molecule has 0 saturated heterocycles. The Kier molecular flexibility index (Phi) is 7.12. The molecule has 128 valence electrons. The lowest BCUT2D eigenvalue weighted by atomic mass is 9.97. The smallest absolute Gasteiger partial charge is 0.240 e. The molecule has 1 N–H and O–H groups in total. The van der Waals surface area contributed by atoms with Gasteiger partial charge in [-0.1, -0.05) is 25.0 Å². The molecule has 1 aromatic rings. The molecular weight excluding hydrogens is 310 g/mol. The Morgan fingerprint density at radius 2 is 1.96 bits per heavy atom. The Bertz CT molecular complexity index is 606. The van der Waals surface area contributed by atoms with Gasteiger partial charge in [-0.15, -0.1) is 0 Å². The van der Waals surface area contributed by atoms with Gasteiger partial charge < -0.3 is 4.74 Å². The average Bonchev–Trinajstić information content (AvgIpc) is 2.56. The Balaban J connectivity index is 1.84. The van der Waals surface area contributed by atoms with Gasteiger partial charge in [-0.2, -0.15) is 0 Å². The molecular formula is C18H27NO3S. The van der Waals surface area contributed by atoms with Crippen molar-refractivity contribution in [1.29, 1.82) is 0 Å². The summed E-state index contributed by atoms with van der Waals surface area (Å²) in [6.45, 7) is 3.23. The largest absolute Gasteiger partial charge is 0.494 e. The summed E-state index contributed by atoms with van der Waals surface area (Å²) in [6, 6.07) is 6.63. The topological polar surface area (TPSA) is 55.4 Å². The third-order valence-corrected chi connectivity index (χ3v) is 5.50. The maximum Gasteiger partial charge on any atom is 0.240 e. The number of unbranched alkanes of at least 4 members (excludes halogenated alkanes) is 1. The van der Waals surface area contributed by atoms with Crippen LogP contribution in [0.2, 0.25) is 0 Å². The Morgan fingerprint density at radius 3 is 2.61 bits per heavy atom. The van der Waals surface area contributed by atoms with E-state index in [0.717, 1.165) is 32.1 Å².